The van der Waals surface area contributed by atoms with Crippen molar-refractivity contribution in [2.75, 3.05) is 0 Å². The molecule has 66 heavy (non-hydrogen) atoms. The molecule has 0 unspecified atom stereocenters. The maximum Gasteiger partial charge on any atom is 0.0725 e. The van der Waals surface area contributed by atoms with Crippen LogP contribution >= 0.6 is 0 Å². The molecular formula is C65H43N. The monoisotopic (exact) mass is 837 g/mol. The van der Waals surface area contributed by atoms with E-state index in [2.05, 4.69) is 247 Å². The molecule has 2 aliphatic carbocycles. The quantitative estimate of drug-likeness (QED) is 0.147. The first-order valence-electron chi connectivity index (χ1n) is 23.3. The zero-order valence-corrected chi connectivity index (χ0v) is 36.3. The summed E-state index contributed by atoms with van der Waals surface area (Å²) in [6.45, 7) is 0. The lowest BCUT2D eigenvalue weighted by Crippen LogP contribution is -2.25. The summed E-state index contributed by atoms with van der Waals surface area (Å²) in [6.07, 6.45) is 0.895. The van der Waals surface area contributed by atoms with Crippen LogP contribution in [0.4, 0.5) is 0 Å². The van der Waals surface area contributed by atoms with Crippen LogP contribution in [0.2, 0.25) is 0 Å². The van der Waals surface area contributed by atoms with Crippen molar-refractivity contribution < 1.29 is 0 Å². The fourth-order valence-corrected chi connectivity index (χ4v) is 12.3. The summed E-state index contributed by atoms with van der Waals surface area (Å²) in [5.41, 5.74) is 20.5. The van der Waals surface area contributed by atoms with Crippen LogP contribution in [-0.2, 0) is 11.8 Å². The normalized spacial score (nSPS) is 13.2. The van der Waals surface area contributed by atoms with E-state index in [0.29, 0.717) is 0 Å². The van der Waals surface area contributed by atoms with Gasteiger partial charge in [-0.05, 0) is 108 Å². The molecule has 0 atom stereocenters. The van der Waals surface area contributed by atoms with Gasteiger partial charge in [-0.15, -0.1) is 0 Å². The topological polar surface area (TPSA) is 4.93 Å². The van der Waals surface area contributed by atoms with Crippen LogP contribution in [0, 0.1) is 0 Å². The standard InChI is InChI=1S/C65H43N/c1-3-19-43(20-4-1)55(44-21-5-2-6-22-44)39-42-35-37-50-49-26-14-18-34-61(49)66(62(50)40-42)64-53-29-9-7-27-51(53)63(52-28-8-10-30-54(52)64)45-36-38-60-56(41-45)48-25-13-17-33-59(48)65(60)57-31-15-11-23-46(57)47-24-12-16-32-58(47)65/h1-38,40-41,55H,39H2. The highest BCUT2D eigenvalue weighted by Gasteiger charge is 2.51. The number of hydrogen-bond acceptors (Lipinski definition) is 0. The summed E-state index contributed by atoms with van der Waals surface area (Å²) < 4.78 is 2.57. The van der Waals surface area contributed by atoms with Crippen LogP contribution in [0.25, 0.3) is 82.4 Å². The Morgan fingerprint density at radius 3 is 1.38 bits per heavy atom. The van der Waals surface area contributed by atoms with Crippen LogP contribution in [0.5, 0.6) is 0 Å². The summed E-state index contributed by atoms with van der Waals surface area (Å²) in [7, 11) is 0. The summed E-state index contributed by atoms with van der Waals surface area (Å²) in [5.74, 6) is 0.232. The van der Waals surface area contributed by atoms with Crippen molar-refractivity contribution in [1.29, 1.82) is 0 Å². The van der Waals surface area contributed by atoms with E-state index in [0.717, 1.165) is 6.42 Å². The number of fused-ring (bicyclic) bond motifs is 15. The van der Waals surface area contributed by atoms with E-state index in [1.165, 1.54) is 121 Å². The summed E-state index contributed by atoms with van der Waals surface area (Å²) >= 11 is 0. The van der Waals surface area contributed by atoms with Crippen molar-refractivity contribution in [2.45, 2.75) is 17.8 Å². The van der Waals surface area contributed by atoms with Gasteiger partial charge in [0.25, 0.3) is 0 Å². The molecule has 14 rings (SSSR count). The van der Waals surface area contributed by atoms with Gasteiger partial charge in [0.1, 0.15) is 0 Å². The van der Waals surface area contributed by atoms with Crippen molar-refractivity contribution in [3.05, 3.63) is 282 Å². The van der Waals surface area contributed by atoms with Gasteiger partial charge in [-0.3, -0.25) is 0 Å². The van der Waals surface area contributed by atoms with Crippen molar-refractivity contribution in [3.63, 3.8) is 0 Å². The minimum atomic E-state index is -0.372. The maximum atomic E-state index is 2.57. The third-order valence-electron chi connectivity index (χ3n) is 15.0. The Kier molecular flexibility index (Phi) is 8.09. The number of hydrogen-bond donors (Lipinski definition) is 0. The first kappa shape index (κ1) is 37.1. The molecule has 2 aliphatic rings. The number of aromatic nitrogens is 1. The number of para-hydroxylation sites is 1. The van der Waals surface area contributed by atoms with Gasteiger partial charge in [-0.25, -0.2) is 0 Å². The number of benzene rings is 11. The number of rotatable bonds is 6. The average molecular weight is 838 g/mol. The van der Waals surface area contributed by atoms with E-state index in [9.17, 15) is 0 Å². The summed E-state index contributed by atoms with van der Waals surface area (Å²) in [4.78, 5) is 0. The number of nitrogens with zero attached hydrogens (tertiary/aromatic N) is 1. The van der Waals surface area contributed by atoms with Crippen LogP contribution in [-0.4, -0.2) is 4.57 Å². The van der Waals surface area contributed by atoms with Crippen LogP contribution in [0.15, 0.2) is 243 Å². The SMILES string of the molecule is c1ccc(C(Cc2ccc3c4ccccc4n(-c4c5ccccc5c(-c5ccc6c(c5)-c5ccccc5C65c6ccccc6-c6ccccc65)c5ccccc45)c3c2)c2ccccc2)cc1. The Balaban J connectivity index is 0.998. The van der Waals surface area contributed by atoms with E-state index >= 15 is 0 Å². The zero-order chi connectivity index (χ0) is 43.3. The van der Waals surface area contributed by atoms with Gasteiger partial charge >= 0.3 is 0 Å². The molecule has 0 aliphatic heterocycles. The highest BCUT2D eigenvalue weighted by Crippen LogP contribution is 2.63. The fraction of sp³-hybridized carbons (Fsp3) is 0.0462. The molecule has 0 saturated carbocycles. The van der Waals surface area contributed by atoms with Crippen molar-refractivity contribution >= 4 is 43.4 Å². The molecule has 1 heteroatoms. The van der Waals surface area contributed by atoms with E-state index in [4.69, 9.17) is 0 Å². The Bertz CT molecular complexity index is 3770. The molecule has 1 nitrogen and oxygen atoms in total. The first-order valence-corrected chi connectivity index (χ1v) is 23.3. The third-order valence-corrected chi connectivity index (χ3v) is 15.0. The van der Waals surface area contributed by atoms with Crippen LogP contribution < -0.4 is 0 Å². The molecule has 308 valence electrons. The van der Waals surface area contributed by atoms with Crippen LogP contribution in [0.3, 0.4) is 0 Å². The minimum absolute atomic E-state index is 0.232. The van der Waals surface area contributed by atoms with Crippen molar-refractivity contribution in [2.24, 2.45) is 0 Å². The van der Waals surface area contributed by atoms with Crippen molar-refractivity contribution in [1.82, 2.24) is 4.57 Å². The third kappa shape index (κ3) is 5.17. The zero-order valence-electron chi connectivity index (χ0n) is 36.3. The molecule has 12 aromatic rings. The largest absolute Gasteiger partial charge is 0.308 e. The molecule has 1 spiro atoms. The highest BCUT2D eigenvalue weighted by atomic mass is 15.0. The average Bonchev–Trinajstić information content (AvgIpc) is 3.99. The smallest absolute Gasteiger partial charge is 0.0725 e. The second kappa shape index (κ2) is 14.4. The molecule has 1 heterocycles. The van der Waals surface area contributed by atoms with E-state index in [-0.39, 0.29) is 11.3 Å². The summed E-state index contributed by atoms with van der Waals surface area (Å²) in [6, 6.07) is 91.0. The lowest BCUT2D eigenvalue weighted by molar-refractivity contribution is 0.794. The molecule has 0 bridgehead atoms. The maximum absolute atomic E-state index is 2.57. The summed E-state index contributed by atoms with van der Waals surface area (Å²) in [5, 5.41) is 7.51. The van der Waals surface area contributed by atoms with Gasteiger partial charge in [-0.2, -0.15) is 0 Å². The fourth-order valence-electron chi connectivity index (χ4n) is 12.3. The first-order chi connectivity index (χ1) is 32.8. The molecule has 0 radical (unpaired) electrons. The van der Waals surface area contributed by atoms with E-state index < -0.39 is 0 Å². The van der Waals surface area contributed by atoms with Gasteiger partial charge in [0.2, 0.25) is 0 Å². The molecule has 0 fully saturated rings. The lowest BCUT2D eigenvalue weighted by Gasteiger charge is -2.30. The van der Waals surface area contributed by atoms with Gasteiger partial charge in [0.05, 0.1) is 22.1 Å². The van der Waals surface area contributed by atoms with Gasteiger partial charge < -0.3 is 4.57 Å². The van der Waals surface area contributed by atoms with Gasteiger partial charge in [0.15, 0.2) is 0 Å². The molecule has 1 aromatic heterocycles. The Hall–Kier alpha value is -8.26. The molecule has 0 saturated heterocycles. The predicted octanol–water partition coefficient (Wildman–Crippen LogP) is 16.5. The van der Waals surface area contributed by atoms with Gasteiger partial charge in [-0.1, -0.05) is 224 Å². The van der Waals surface area contributed by atoms with E-state index in [1.807, 2.05) is 0 Å². The second-order valence-electron chi connectivity index (χ2n) is 18.2. The Morgan fingerprint density at radius 2 is 0.788 bits per heavy atom. The Morgan fingerprint density at radius 1 is 0.333 bits per heavy atom. The highest BCUT2D eigenvalue weighted by molar-refractivity contribution is 6.21. The van der Waals surface area contributed by atoms with Crippen LogP contribution in [0.1, 0.15) is 44.9 Å². The van der Waals surface area contributed by atoms with E-state index in [1.54, 1.807) is 0 Å². The predicted molar refractivity (Wildman–Crippen MR) is 276 cm³/mol. The molecular weight excluding hydrogens is 795 g/mol. The minimum Gasteiger partial charge on any atom is -0.308 e. The second-order valence-corrected chi connectivity index (χ2v) is 18.2. The molecule has 0 amide bonds. The molecule has 11 aromatic carbocycles. The molecule has 0 N–H and O–H groups in total. The Labute approximate surface area is 384 Å². The van der Waals surface area contributed by atoms with Gasteiger partial charge in [0, 0.05) is 27.5 Å². The lowest BCUT2D eigenvalue weighted by atomic mass is 9.70. The van der Waals surface area contributed by atoms with Crippen molar-refractivity contribution in [3.8, 4) is 39.1 Å².